The minimum absolute atomic E-state index is 0.0680. The highest BCUT2D eigenvalue weighted by atomic mass is 35.5. The summed E-state index contributed by atoms with van der Waals surface area (Å²) >= 11 is 13.1. The van der Waals surface area contributed by atoms with Crippen LogP contribution in [0.15, 0.2) is 36.4 Å². The molecular formula is C24H24Cl2F4N2O3. The maximum absolute atomic E-state index is 13.2. The molecule has 2 aliphatic heterocycles. The van der Waals surface area contributed by atoms with Gasteiger partial charge in [-0.3, -0.25) is 4.79 Å². The van der Waals surface area contributed by atoms with E-state index in [1.165, 1.54) is 12.1 Å². The van der Waals surface area contributed by atoms with Gasteiger partial charge in [0.1, 0.15) is 5.82 Å². The Morgan fingerprint density at radius 2 is 1.57 bits per heavy atom. The van der Waals surface area contributed by atoms with Crippen LogP contribution in [0.3, 0.4) is 0 Å². The lowest BCUT2D eigenvalue weighted by molar-refractivity contribution is -0.192. The van der Waals surface area contributed by atoms with Gasteiger partial charge in [-0.1, -0.05) is 35.3 Å². The molecule has 2 saturated heterocycles. The van der Waals surface area contributed by atoms with Crippen LogP contribution in [0.4, 0.5) is 17.6 Å². The van der Waals surface area contributed by atoms with Crippen molar-refractivity contribution in [2.24, 2.45) is 5.92 Å². The fraction of sp³-hybridized carbons (Fsp3) is 0.417. The summed E-state index contributed by atoms with van der Waals surface area (Å²) in [6.45, 7) is 2.76. The smallest absolute Gasteiger partial charge is 0.475 e. The number of carbonyl (C=O) groups is 2. The van der Waals surface area contributed by atoms with Crippen molar-refractivity contribution in [2.45, 2.75) is 37.9 Å². The van der Waals surface area contributed by atoms with Crippen LogP contribution in [-0.4, -0.2) is 53.7 Å². The second-order valence-corrected chi connectivity index (χ2v) is 9.25. The van der Waals surface area contributed by atoms with E-state index in [1.54, 1.807) is 12.1 Å². The Balaban J connectivity index is 0.000000429. The molecule has 2 fully saturated rings. The van der Waals surface area contributed by atoms with Crippen LogP contribution in [0.25, 0.3) is 11.1 Å². The summed E-state index contributed by atoms with van der Waals surface area (Å²) in [7, 11) is 0. The molecule has 0 radical (unpaired) electrons. The van der Waals surface area contributed by atoms with Gasteiger partial charge in [-0.25, -0.2) is 9.18 Å². The maximum atomic E-state index is 13.2. The molecule has 0 spiro atoms. The normalized spacial score (nSPS) is 18.9. The molecule has 35 heavy (non-hydrogen) atoms. The summed E-state index contributed by atoms with van der Waals surface area (Å²) in [5.41, 5.74) is 2.51. The van der Waals surface area contributed by atoms with E-state index in [9.17, 15) is 22.4 Å². The number of carbonyl (C=O) groups excluding carboxylic acids is 1. The van der Waals surface area contributed by atoms with Crippen LogP contribution < -0.4 is 5.32 Å². The van der Waals surface area contributed by atoms with Gasteiger partial charge in [0.25, 0.3) is 0 Å². The van der Waals surface area contributed by atoms with Gasteiger partial charge < -0.3 is 15.3 Å². The minimum atomic E-state index is -5.08. The lowest BCUT2D eigenvalue weighted by Crippen LogP contribution is -2.44. The number of piperidine rings is 1. The standard InChI is InChI=1S/C22H23Cl2FN2O.C2HF3O2/c23-20-12-16(14-1-3-17(25)4-2-14)13-21(24)19(20)11-15-7-10-27(22(15)28)18-5-8-26-9-6-18;3-2(4,5)1(6)7/h1-4,12-13,15,18,26H,5-11H2;(H,6,7)/t15-;/m0./s1. The minimum Gasteiger partial charge on any atom is -0.475 e. The molecule has 0 aromatic heterocycles. The van der Waals surface area contributed by atoms with Crippen molar-refractivity contribution in [1.82, 2.24) is 10.2 Å². The average Bonchev–Trinajstić information content (AvgIpc) is 3.17. The van der Waals surface area contributed by atoms with Crippen molar-refractivity contribution in [3.05, 3.63) is 57.8 Å². The van der Waals surface area contributed by atoms with Gasteiger partial charge in [0.15, 0.2) is 0 Å². The van der Waals surface area contributed by atoms with Crippen molar-refractivity contribution in [2.75, 3.05) is 19.6 Å². The molecule has 1 atom stereocenters. The number of hydrogen-bond acceptors (Lipinski definition) is 3. The van der Waals surface area contributed by atoms with Gasteiger partial charge in [0, 0.05) is 28.5 Å². The molecule has 190 valence electrons. The molecule has 5 nitrogen and oxygen atoms in total. The van der Waals surface area contributed by atoms with Gasteiger partial charge in [-0.05, 0) is 79.7 Å². The van der Waals surface area contributed by atoms with Gasteiger partial charge in [-0.2, -0.15) is 13.2 Å². The van der Waals surface area contributed by atoms with E-state index in [-0.39, 0.29) is 17.6 Å². The third kappa shape index (κ3) is 7.08. The monoisotopic (exact) mass is 534 g/mol. The van der Waals surface area contributed by atoms with Crippen molar-refractivity contribution >= 4 is 35.1 Å². The van der Waals surface area contributed by atoms with Crippen LogP contribution in [0.2, 0.25) is 10.0 Å². The highest BCUT2D eigenvalue weighted by molar-refractivity contribution is 6.36. The molecule has 2 aliphatic rings. The Kier molecular flexibility index (Phi) is 9.01. The number of nitrogens with zero attached hydrogens (tertiary/aromatic N) is 1. The molecule has 0 unspecified atom stereocenters. The predicted molar refractivity (Wildman–Crippen MR) is 125 cm³/mol. The first-order valence-corrected chi connectivity index (χ1v) is 11.8. The zero-order chi connectivity index (χ0) is 25.8. The van der Waals surface area contributed by atoms with Gasteiger partial charge in [0.2, 0.25) is 5.91 Å². The molecule has 2 N–H and O–H groups in total. The van der Waals surface area contributed by atoms with Crippen LogP contribution >= 0.6 is 23.2 Å². The SMILES string of the molecule is O=C(O)C(F)(F)F.O=C1[C@H](Cc2c(Cl)cc(-c3ccc(F)cc3)cc2Cl)CCN1C1CCNCC1. The molecular weight excluding hydrogens is 511 g/mol. The number of amides is 1. The lowest BCUT2D eigenvalue weighted by Gasteiger charge is -2.31. The first kappa shape index (κ1) is 27.2. The van der Waals surface area contributed by atoms with Crippen LogP contribution in [0.5, 0.6) is 0 Å². The Hall–Kier alpha value is -2.36. The molecule has 0 bridgehead atoms. The number of aliphatic carboxylic acids is 1. The van der Waals surface area contributed by atoms with Crippen molar-refractivity contribution < 1.29 is 32.3 Å². The van der Waals surface area contributed by atoms with E-state index in [2.05, 4.69) is 10.2 Å². The number of likely N-dealkylation sites (tertiary alicyclic amines) is 1. The van der Waals surface area contributed by atoms with Gasteiger partial charge >= 0.3 is 12.1 Å². The van der Waals surface area contributed by atoms with E-state index in [4.69, 9.17) is 33.1 Å². The molecule has 0 aliphatic carbocycles. The first-order chi connectivity index (χ1) is 16.5. The summed E-state index contributed by atoms with van der Waals surface area (Å²) in [6, 6.07) is 10.3. The molecule has 1 amide bonds. The fourth-order valence-corrected chi connectivity index (χ4v) is 4.93. The molecule has 2 aromatic rings. The number of hydrogen-bond donors (Lipinski definition) is 2. The van der Waals surface area contributed by atoms with E-state index in [0.717, 1.165) is 55.6 Å². The number of benzene rings is 2. The Bertz CT molecular complexity index is 1030. The highest BCUT2D eigenvalue weighted by Gasteiger charge is 2.38. The first-order valence-electron chi connectivity index (χ1n) is 11.0. The number of rotatable bonds is 4. The Morgan fingerprint density at radius 3 is 2.09 bits per heavy atom. The third-order valence-corrected chi connectivity index (χ3v) is 6.79. The molecule has 2 heterocycles. The summed E-state index contributed by atoms with van der Waals surface area (Å²) < 4.78 is 44.9. The maximum Gasteiger partial charge on any atom is 0.490 e. The molecule has 4 rings (SSSR count). The Labute approximate surface area is 210 Å². The van der Waals surface area contributed by atoms with E-state index < -0.39 is 12.1 Å². The summed E-state index contributed by atoms with van der Waals surface area (Å²) in [5.74, 6) is -2.88. The Morgan fingerprint density at radius 1 is 1.03 bits per heavy atom. The zero-order valence-electron chi connectivity index (χ0n) is 18.5. The van der Waals surface area contributed by atoms with E-state index in [0.29, 0.717) is 22.5 Å². The average molecular weight is 535 g/mol. The molecule has 2 aromatic carbocycles. The van der Waals surface area contributed by atoms with E-state index in [1.807, 2.05) is 12.1 Å². The quantitative estimate of drug-likeness (QED) is 0.502. The largest absolute Gasteiger partial charge is 0.490 e. The number of nitrogens with one attached hydrogen (secondary N) is 1. The zero-order valence-corrected chi connectivity index (χ0v) is 20.1. The lowest BCUT2D eigenvalue weighted by atomic mass is 9.95. The van der Waals surface area contributed by atoms with Gasteiger partial charge in [0.05, 0.1) is 0 Å². The van der Waals surface area contributed by atoms with Crippen molar-refractivity contribution in [1.29, 1.82) is 0 Å². The topological polar surface area (TPSA) is 69.6 Å². The van der Waals surface area contributed by atoms with Crippen LogP contribution in [0.1, 0.15) is 24.8 Å². The summed E-state index contributed by atoms with van der Waals surface area (Å²) in [6.07, 6.45) is -1.64. The number of alkyl halides is 3. The second kappa shape index (κ2) is 11.6. The number of halogens is 6. The number of carboxylic acids is 1. The second-order valence-electron chi connectivity index (χ2n) is 8.43. The highest BCUT2D eigenvalue weighted by Crippen LogP contribution is 2.36. The van der Waals surface area contributed by atoms with E-state index >= 15 is 0 Å². The fourth-order valence-electron chi connectivity index (χ4n) is 4.29. The van der Waals surface area contributed by atoms with Crippen LogP contribution in [-0.2, 0) is 16.0 Å². The summed E-state index contributed by atoms with van der Waals surface area (Å²) in [5, 5.41) is 11.6. The van der Waals surface area contributed by atoms with Crippen molar-refractivity contribution in [3.8, 4) is 11.1 Å². The predicted octanol–water partition coefficient (Wildman–Crippen LogP) is 5.58. The molecule has 0 saturated carbocycles. The molecule has 11 heteroatoms. The van der Waals surface area contributed by atoms with Gasteiger partial charge in [-0.15, -0.1) is 0 Å². The number of carboxylic acid groups (broad SMARTS) is 1. The third-order valence-electron chi connectivity index (χ3n) is 6.11. The van der Waals surface area contributed by atoms with Crippen LogP contribution in [0, 0.1) is 11.7 Å². The summed E-state index contributed by atoms with van der Waals surface area (Å²) in [4.78, 5) is 23.9. The van der Waals surface area contributed by atoms with Crippen molar-refractivity contribution in [3.63, 3.8) is 0 Å².